The molecule has 0 atom stereocenters. The summed E-state index contributed by atoms with van der Waals surface area (Å²) >= 11 is 0. The van der Waals surface area contributed by atoms with E-state index in [-0.39, 0.29) is 0 Å². The van der Waals surface area contributed by atoms with Gasteiger partial charge in [0.05, 0.1) is 16.4 Å². The first-order valence-electron chi connectivity index (χ1n) is 18.6. The molecule has 3 heterocycles. The molecule has 0 aliphatic rings. The van der Waals surface area contributed by atoms with Crippen LogP contribution in [0.1, 0.15) is 0 Å². The van der Waals surface area contributed by atoms with E-state index in [0.29, 0.717) is 5.89 Å². The average molecular weight is 703 g/mol. The van der Waals surface area contributed by atoms with E-state index in [1.807, 2.05) is 36.4 Å². The molecule has 0 saturated heterocycles. The Kier molecular flexibility index (Phi) is 6.31. The minimum Gasteiger partial charge on any atom is -0.455 e. The number of hydrogen-bond acceptors (Lipinski definition) is 3. The van der Waals surface area contributed by atoms with E-state index in [1.54, 1.807) is 0 Å². The molecule has 4 heteroatoms. The van der Waals surface area contributed by atoms with Crippen LogP contribution in [0.25, 0.3) is 116 Å². The van der Waals surface area contributed by atoms with Crippen LogP contribution in [0.2, 0.25) is 0 Å². The Morgan fingerprint density at radius 2 is 1.07 bits per heavy atom. The molecule has 0 saturated carbocycles. The van der Waals surface area contributed by atoms with Crippen molar-refractivity contribution in [2.75, 3.05) is 0 Å². The summed E-state index contributed by atoms with van der Waals surface area (Å²) in [5.41, 5.74) is 11.9. The largest absolute Gasteiger partial charge is 0.455 e. The van der Waals surface area contributed by atoms with Crippen LogP contribution in [0, 0.1) is 0 Å². The molecule has 12 rings (SSSR count). The molecular weight excluding hydrogens is 673 g/mol. The minimum atomic E-state index is 0.581. The van der Waals surface area contributed by atoms with Gasteiger partial charge in [-0.25, -0.2) is 4.98 Å². The van der Waals surface area contributed by atoms with Gasteiger partial charge in [-0.1, -0.05) is 127 Å². The average Bonchev–Trinajstić information content (AvgIpc) is 3.94. The normalized spacial score (nSPS) is 12.0. The second-order valence-corrected chi connectivity index (χ2v) is 14.4. The van der Waals surface area contributed by atoms with Gasteiger partial charge in [0.25, 0.3) is 0 Å². The van der Waals surface area contributed by atoms with E-state index in [1.165, 1.54) is 43.4 Å². The minimum absolute atomic E-state index is 0.581. The second-order valence-electron chi connectivity index (χ2n) is 14.4. The van der Waals surface area contributed by atoms with Crippen molar-refractivity contribution in [1.29, 1.82) is 0 Å². The lowest BCUT2D eigenvalue weighted by molar-refractivity contribution is 0.622. The highest BCUT2D eigenvalue weighted by Gasteiger charge is 2.21. The van der Waals surface area contributed by atoms with Crippen molar-refractivity contribution in [2.45, 2.75) is 0 Å². The standard InChI is InChI=1S/C51H30N2O2/c1-2-11-33(12-3-1)42-30-44-50(48-41-16-8-9-17-47(41)54-49(42)48)55-51(52-44)34-20-18-32(19-21-34)38-23-25-40-43-27-36-14-6-7-15-37(36)28-46(43)53(45(40)29-38)39-24-22-31-10-4-5-13-35(31)26-39/h1-30H. The zero-order chi connectivity index (χ0) is 36.0. The fourth-order valence-corrected chi connectivity index (χ4v) is 8.51. The molecular formula is C51H30N2O2. The van der Waals surface area contributed by atoms with Crippen molar-refractivity contribution in [2.24, 2.45) is 0 Å². The van der Waals surface area contributed by atoms with Crippen molar-refractivity contribution >= 4 is 76.4 Å². The highest BCUT2D eigenvalue weighted by molar-refractivity contribution is 6.20. The van der Waals surface area contributed by atoms with E-state index >= 15 is 0 Å². The molecule has 12 aromatic rings. The summed E-state index contributed by atoms with van der Waals surface area (Å²) in [5, 5.41) is 9.37. The number of nitrogens with zero attached hydrogens (tertiary/aromatic N) is 2. The summed E-state index contributed by atoms with van der Waals surface area (Å²) < 4.78 is 15.5. The molecule has 0 aliphatic carbocycles. The maximum Gasteiger partial charge on any atom is 0.227 e. The molecule has 0 spiro atoms. The van der Waals surface area contributed by atoms with Crippen molar-refractivity contribution in [3.05, 3.63) is 182 Å². The number of hydrogen-bond donors (Lipinski definition) is 0. The molecule has 256 valence electrons. The maximum atomic E-state index is 6.61. The lowest BCUT2D eigenvalue weighted by Crippen LogP contribution is -1.94. The van der Waals surface area contributed by atoms with Crippen molar-refractivity contribution in [3.63, 3.8) is 0 Å². The van der Waals surface area contributed by atoms with Crippen LogP contribution in [-0.2, 0) is 0 Å². The zero-order valence-corrected chi connectivity index (χ0v) is 29.5. The predicted octanol–water partition coefficient (Wildman–Crippen LogP) is 14.1. The highest BCUT2D eigenvalue weighted by atomic mass is 16.4. The summed E-state index contributed by atoms with van der Waals surface area (Å²) in [5.74, 6) is 0.581. The first-order valence-corrected chi connectivity index (χ1v) is 18.6. The monoisotopic (exact) mass is 702 g/mol. The Morgan fingerprint density at radius 3 is 1.91 bits per heavy atom. The summed E-state index contributed by atoms with van der Waals surface area (Å²) in [6, 6.07) is 64.6. The Morgan fingerprint density at radius 1 is 0.400 bits per heavy atom. The maximum absolute atomic E-state index is 6.61. The van der Waals surface area contributed by atoms with Gasteiger partial charge in [0, 0.05) is 33.0 Å². The van der Waals surface area contributed by atoms with Gasteiger partial charge < -0.3 is 13.4 Å². The number of fused-ring (bicyclic) bond motifs is 10. The number of rotatable bonds is 4. The van der Waals surface area contributed by atoms with E-state index in [0.717, 1.165) is 66.5 Å². The molecule has 0 aliphatic heterocycles. The quantitative estimate of drug-likeness (QED) is 0.183. The third-order valence-electron chi connectivity index (χ3n) is 11.2. The third kappa shape index (κ3) is 4.62. The molecule has 0 fully saturated rings. The van der Waals surface area contributed by atoms with E-state index in [2.05, 4.69) is 150 Å². The van der Waals surface area contributed by atoms with Crippen LogP contribution < -0.4 is 0 Å². The molecule has 0 bridgehead atoms. The molecule has 4 nitrogen and oxygen atoms in total. The molecule has 9 aromatic carbocycles. The van der Waals surface area contributed by atoms with E-state index < -0.39 is 0 Å². The molecule has 0 amide bonds. The Balaban J connectivity index is 0.998. The lowest BCUT2D eigenvalue weighted by Gasteiger charge is -2.11. The smallest absolute Gasteiger partial charge is 0.227 e. The van der Waals surface area contributed by atoms with Crippen LogP contribution in [0.4, 0.5) is 0 Å². The topological polar surface area (TPSA) is 44.1 Å². The predicted molar refractivity (Wildman–Crippen MR) is 227 cm³/mol. The second kappa shape index (κ2) is 11.5. The Labute approximate surface area is 315 Å². The summed E-state index contributed by atoms with van der Waals surface area (Å²) in [4.78, 5) is 5.05. The van der Waals surface area contributed by atoms with E-state index in [4.69, 9.17) is 13.8 Å². The van der Waals surface area contributed by atoms with Gasteiger partial charge in [-0.2, -0.15) is 0 Å². The van der Waals surface area contributed by atoms with Crippen LogP contribution in [0.5, 0.6) is 0 Å². The Bertz CT molecular complexity index is 3480. The molecule has 0 N–H and O–H groups in total. The third-order valence-corrected chi connectivity index (χ3v) is 11.2. The fourth-order valence-electron chi connectivity index (χ4n) is 8.51. The zero-order valence-electron chi connectivity index (χ0n) is 29.5. The van der Waals surface area contributed by atoms with Crippen LogP contribution in [0.3, 0.4) is 0 Å². The number of benzene rings is 9. The highest BCUT2D eigenvalue weighted by Crippen LogP contribution is 2.43. The first-order chi connectivity index (χ1) is 27.2. The summed E-state index contributed by atoms with van der Waals surface area (Å²) in [6.07, 6.45) is 0. The SMILES string of the molecule is c1ccc(-c2cc3nc(-c4ccc(-c5ccc6c7cc8ccccc8cc7n(-c7ccc8ccccc8c7)c6c5)cc4)oc3c3c2oc2ccccc23)cc1. The number of furan rings is 1. The number of aromatic nitrogens is 2. The first kappa shape index (κ1) is 30.1. The lowest BCUT2D eigenvalue weighted by atomic mass is 10.0. The molecule has 0 unspecified atom stereocenters. The fraction of sp³-hybridized carbons (Fsp3) is 0. The van der Waals surface area contributed by atoms with Gasteiger partial charge in [-0.3, -0.25) is 0 Å². The van der Waals surface area contributed by atoms with Gasteiger partial charge in [-0.15, -0.1) is 0 Å². The number of para-hydroxylation sites is 1. The van der Waals surface area contributed by atoms with Crippen molar-refractivity contribution in [3.8, 4) is 39.4 Å². The van der Waals surface area contributed by atoms with Crippen LogP contribution >= 0.6 is 0 Å². The summed E-state index contributed by atoms with van der Waals surface area (Å²) in [6.45, 7) is 0. The molecule has 0 radical (unpaired) electrons. The van der Waals surface area contributed by atoms with Gasteiger partial charge >= 0.3 is 0 Å². The van der Waals surface area contributed by atoms with Crippen molar-refractivity contribution in [1.82, 2.24) is 9.55 Å². The molecule has 55 heavy (non-hydrogen) atoms. The Hall–Kier alpha value is -7.43. The van der Waals surface area contributed by atoms with Crippen LogP contribution in [0.15, 0.2) is 191 Å². The van der Waals surface area contributed by atoms with Crippen LogP contribution in [-0.4, -0.2) is 9.55 Å². The van der Waals surface area contributed by atoms with Gasteiger partial charge in [0.1, 0.15) is 16.7 Å². The van der Waals surface area contributed by atoms with Crippen molar-refractivity contribution < 1.29 is 8.83 Å². The number of oxazole rings is 1. The van der Waals surface area contributed by atoms with E-state index in [9.17, 15) is 0 Å². The van der Waals surface area contributed by atoms with Gasteiger partial charge in [-0.05, 0) is 92.8 Å². The summed E-state index contributed by atoms with van der Waals surface area (Å²) in [7, 11) is 0. The van der Waals surface area contributed by atoms with Gasteiger partial charge in [0.15, 0.2) is 5.58 Å². The van der Waals surface area contributed by atoms with Gasteiger partial charge in [0.2, 0.25) is 5.89 Å². The molecule has 3 aromatic heterocycles.